The van der Waals surface area contributed by atoms with Crippen LogP contribution >= 0.6 is 15.9 Å². The summed E-state index contributed by atoms with van der Waals surface area (Å²) in [6, 6.07) is 5.53. The zero-order valence-corrected chi connectivity index (χ0v) is 12.5. The van der Waals surface area contributed by atoms with Gasteiger partial charge in [0, 0.05) is 11.0 Å². The van der Waals surface area contributed by atoms with Gasteiger partial charge in [0.15, 0.2) is 0 Å². The molecule has 106 valence electrons. The maximum Gasteiger partial charge on any atom is 0.350 e. The van der Waals surface area contributed by atoms with Crippen LogP contribution in [-0.2, 0) is 6.54 Å². The van der Waals surface area contributed by atoms with Crippen LogP contribution in [0.5, 0.6) is 0 Å². The maximum absolute atomic E-state index is 12.5. The predicted octanol–water partition coefficient (Wildman–Crippen LogP) is 1.92. The third kappa shape index (κ3) is 2.88. The molecule has 0 atom stereocenters. The molecule has 5 nitrogen and oxygen atoms in total. The molecule has 0 unspecified atom stereocenters. The van der Waals surface area contributed by atoms with Gasteiger partial charge < -0.3 is 5.73 Å². The lowest BCUT2D eigenvalue weighted by atomic mass is 10.2. The second-order valence-electron chi connectivity index (χ2n) is 4.35. The molecule has 0 saturated heterocycles. The van der Waals surface area contributed by atoms with Crippen LogP contribution in [0.2, 0.25) is 0 Å². The molecule has 0 spiro atoms. The van der Waals surface area contributed by atoms with Crippen LogP contribution in [0.4, 0.5) is 4.39 Å². The molecule has 0 aliphatic heterocycles. The predicted molar refractivity (Wildman–Crippen MR) is 78.5 cm³/mol. The molecule has 0 aliphatic rings. The number of benzene rings is 1. The first kappa shape index (κ1) is 14.7. The fourth-order valence-corrected chi connectivity index (χ4v) is 1.98. The Bertz CT molecular complexity index is 705. The summed E-state index contributed by atoms with van der Waals surface area (Å²) in [5.74, 6) is 0. The Morgan fingerprint density at radius 2 is 2.30 bits per heavy atom. The van der Waals surface area contributed by atoms with E-state index in [0.29, 0.717) is 17.6 Å². The highest BCUT2D eigenvalue weighted by Crippen LogP contribution is 2.18. The van der Waals surface area contributed by atoms with Gasteiger partial charge in [-0.15, -0.1) is 0 Å². The Morgan fingerprint density at radius 3 is 2.90 bits per heavy atom. The van der Waals surface area contributed by atoms with Crippen molar-refractivity contribution in [1.29, 1.82) is 0 Å². The molecule has 0 radical (unpaired) electrons. The highest BCUT2D eigenvalue weighted by Gasteiger charge is 2.09. The Labute approximate surface area is 123 Å². The molecule has 2 aromatic rings. The molecule has 0 fully saturated rings. The minimum atomic E-state index is -0.334. The summed E-state index contributed by atoms with van der Waals surface area (Å²) in [5.41, 5.74) is 7.06. The highest BCUT2D eigenvalue weighted by molar-refractivity contribution is 9.10. The van der Waals surface area contributed by atoms with E-state index in [1.807, 2.05) is 19.1 Å². The summed E-state index contributed by atoms with van der Waals surface area (Å²) in [6.45, 7) is 2.03. The van der Waals surface area contributed by atoms with E-state index in [2.05, 4.69) is 21.0 Å². The van der Waals surface area contributed by atoms with Crippen molar-refractivity contribution in [3.8, 4) is 5.69 Å². The average molecular weight is 341 g/mol. The average Bonchev–Trinajstić information content (AvgIpc) is 2.80. The van der Waals surface area contributed by atoms with Gasteiger partial charge >= 0.3 is 5.69 Å². The first-order valence-electron chi connectivity index (χ1n) is 5.96. The van der Waals surface area contributed by atoms with Gasteiger partial charge in [-0.3, -0.25) is 0 Å². The SMILES string of the molecule is Cc1cc(-n2cnn(C/C(=C/F)CN)c2=O)ccc1Br. The van der Waals surface area contributed by atoms with Crippen molar-refractivity contribution in [3.63, 3.8) is 0 Å². The molecule has 2 N–H and O–H groups in total. The molecule has 0 saturated carbocycles. The molecule has 2 rings (SSSR count). The molecule has 1 aromatic carbocycles. The van der Waals surface area contributed by atoms with Gasteiger partial charge in [0.1, 0.15) is 6.33 Å². The van der Waals surface area contributed by atoms with Crippen molar-refractivity contribution in [1.82, 2.24) is 14.3 Å². The zero-order valence-electron chi connectivity index (χ0n) is 10.9. The largest absolute Gasteiger partial charge is 0.350 e. The topological polar surface area (TPSA) is 65.8 Å². The first-order valence-corrected chi connectivity index (χ1v) is 6.75. The molecule has 1 aromatic heterocycles. The van der Waals surface area contributed by atoms with Crippen LogP contribution in [0.15, 0.2) is 45.7 Å². The van der Waals surface area contributed by atoms with Crippen LogP contribution in [0.3, 0.4) is 0 Å². The van der Waals surface area contributed by atoms with E-state index >= 15 is 0 Å². The Morgan fingerprint density at radius 1 is 1.55 bits per heavy atom. The molecule has 7 heteroatoms. The molecule has 1 heterocycles. The summed E-state index contributed by atoms with van der Waals surface area (Å²) in [5, 5.41) is 3.97. The Hall–Kier alpha value is -1.73. The molecular formula is C13H14BrFN4O. The van der Waals surface area contributed by atoms with Crippen molar-refractivity contribution >= 4 is 15.9 Å². The standard InChI is InChI=1S/C13H14BrFN4O/c1-9-4-11(2-3-12(9)14)18-8-17-19(13(18)20)7-10(5-15)6-16/h2-5,8H,6-7,16H2,1H3/b10-5+. The minimum Gasteiger partial charge on any atom is -0.327 e. The van der Waals surface area contributed by atoms with E-state index in [0.717, 1.165) is 10.0 Å². The summed E-state index contributed by atoms with van der Waals surface area (Å²) in [7, 11) is 0. The van der Waals surface area contributed by atoms with Crippen molar-refractivity contribution in [2.75, 3.05) is 6.54 Å². The fraction of sp³-hybridized carbons (Fsp3) is 0.231. The van der Waals surface area contributed by atoms with Crippen molar-refractivity contribution in [2.45, 2.75) is 13.5 Å². The lowest BCUT2D eigenvalue weighted by Crippen LogP contribution is -2.26. The number of hydrogen-bond donors (Lipinski definition) is 1. The molecular weight excluding hydrogens is 327 g/mol. The van der Waals surface area contributed by atoms with Crippen LogP contribution < -0.4 is 11.4 Å². The lowest BCUT2D eigenvalue weighted by molar-refractivity contribution is 0.612. The summed E-state index contributed by atoms with van der Waals surface area (Å²) >= 11 is 3.41. The van der Waals surface area contributed by atoms with Crippen LogP contribution in [0.25, 0.3) is 5.69 Å². The Balaban J connectivity index is 2.38. The van der Waals surface area contributed by atoms with Crippen molar-refractivity contribution in [3.05, 3.63) is 56.9 Å². The lowest BCUT2D eigenvalue weighted by Gasteiger charge is -2.04. The number of nitrogens with zero attached hydrogens (tertiary/aromatic N) is 3. The molecule has 0 bridgehead atoms. The Kier molecular flexibility index (Phi) is 4.51. The number of hydrogen-bond acceptors (Lipinski definition) is 3. The van der Waals surface area contributed by atoms with Crippen LogP contribution in [0, 0.1) is 6.92 Å². The number of nitrogens with two attached hydrogens (primary N) is 1. The quantitative estimate of drug-likeness (QED) is 0.924. The molecule has 0 amide bonds. The highest BCUT2D eigenvalue weighted by atomic mass is 79.9. The molecule has 0 aliphatic carbocycles. The van der Waals surface area contributed by atoms with E-state index in [1.165, 1.54) is 15.6 Å². The zero-order chi connectivity index (χ0) is 14.7. The monoisotopic (exact) mass is 340 g/mol. The number of aromatic nitrogens is 3. The summed E-state index contributed by atoms with van der Waals surface area (Å²) < 4.78 is 16.1. The van der Waals surface area contributed by atoms with Crippen LogP contribution in [-0.4, -0.2) is 20.9 Å². The van der Waals surface area contributed by atoms with E-state index in [4.69, 9.17) is 5.73 Å². The minimum absolute atomic E-state index is 0.0488. The normalized spacial score (nSPS) is 11.9. The van der Waals surface area contributed by atoms with E-state index in [9.17, 15) is 9.18 Å². The maximum atomic E-state index is 12.5. The van der Waals surface area contributed by atoms with Gasteiger partial charge in [-0.2, -0.15) is 5.10 Å². The van der Waals surface area contributed by atoms with E-state index in [1.54, 1.807) is 6.07 Å². The van der Waals surface area contributed by atoms with Gasteiger partial charge in [-0.1, -0.05) is 15.9 Å². The van der Waals surface area contributed by atoms with E-state index < -0.39 is 0 Å². The second kappa shape index (κ2) is 6.15. The van der Waals surface area contributed by atoms with Gasteiger partial charge in [0.25, 0.3) is 0 Å². The second-order valence-corrected chi connectivity index (χ2v) is 5.20. The molecule has 20 heavy (non-hydrogen) atoms. The summed E-state index contributed by atoms with van der Waals surface area (Å²) in [6.07, 6.45) is 1.83. The summed E-state index contributed by atoms with van der Waals surface area (Å²) in [4.78, 5) is 12.2. The smallest absolute Gasteiger partial charge is 0.327 e. The third-order valence-electron chi connectivity index (χ3n) is 2.92. The van der Waals surface area contributed by atoms with Crippen molar-refractivity contribution in [2.24, 2.45) is 5.73 Å². The third-order valence-corrected chi connectivity index (χ3v) is 3.81. The van der Waals surface area contributed by atoms with Crippen LogP contribution in [0.1, 0.15) is 5.56 Å². The number of rotatable bonds is 4. The van der Waals surface area contributed by atoms with Gasteiger partial charge in [0.2, 0.25) is 0 Å². The van der Waals surface area contributed by atoms with E-state index in [-0.39, 0.29) is 18.8 Å². The number of aryl methyl sites for hydroxylation is 1. The number of halogens is 2. The van der Waals surface area contributed by atoms with Crippen molar-refractivity contribution < 1.29 is 4.39 Å². The van der Waals surface area contributed by atoms with Gasteiger partial charge in [0.05, 0.1) is 18.6 Å². The first-order chi connectivity index (χ1) is 9.56. The van der Waals surface area contributed by atoms with Gasteiger partial charge in [-0.25, -0.2) is 18.4 Å². The fourth-order valence-electron chi connectivity index (χ4n) is 1.74. The van der Waals surface area contributed by atoms with Gasteiger partial charge in [-0.05, 0) is 36.3 Å².